The van der Waals surface area contributed by atoms with Crippen LogP contribution in [0.25, 0.3) is 0 Å². The number of nitrogens with zero attached hydrogens (tertiary/aromatic N) is 3. The van der Waals surface area contributed by atoms with Crippen molar-refractivity contribution < 1.29 is 9.21 Å². The van der Waals surface area contributed by atoms with E-state index in [0.717, 1.165) is 30.9 Å². The highest BCUT2D eigenvalue weighted by Gasteiger charge is 2.23. The zero-order valence-electron chi connectivity index (χ0n) is 11.7. The molecule has 0 unspecified atom stereocenters. The van der Waals surface area contributed by atoms with E-state index in [4.69, 9.17) is 4.42 Å². The third-order valence-corrected chi connectivity index (χ3v) is 3.63. The summed E-state index contributed by atoms with van der Waals surface area (Å²) in [7, 11) is 0. The first-order valence-corrected chi connectivity index (χ1v) is 6.93. The standard InChI is InChI=1S/C14H18N4O2/c1-3-11-13(15-8-20-11)14(19)17-10-4-5-12-16-9(2)6-18(12)7-10/h6,8,10H,3-5,7H2,1-2H3,(H,17,19)/t10-/m0/s1. The van der Waals surface area contributed by atoms with Crippen LogP contribution >= 0.6 is 0 Å². The second-order valence-electron chi connectivity index (χ2n) is 5.14. The summed E-state index contributed by atoms with van der Waals surface area (Å²) < 4.78 is 7.31. The van der Waals surface area contributed by atoms with Gasteiger partial charge in [0.05, 0.1) is 5.69 Å². The molecule has 3 heterocycles. The summed E-state index contributed by atoms with van der Waals surface area (Å²) in [5, 5.41) is 3.04. The summed E-state index contributed by atoms with van der Waals surface area (Å²) >= 11 is 0. The van der Waals surface area contributed by atoms with Gasteiger partial charge >= 0.3 is 0 Å². The fourth-order valence-corrected chi connectivity index (χ4v) is 2.66. The van der Waals surface area contributed by atoms with Crippen LogP contribution in [0.15, 0.2) is 17.0 Å². The van der Waals surface area contributed by atoms with E-state index in [1.54, 1.807) is 0 Å². The highest BCUT2D eigenvalue weighted by molar-refractivity contribution is 5.93. The fraction of sp³-hybridized carbons (Fsp3) is 0.500. The van der Waals surface area contributed by atoms with E-state index in [2.05, 4.69) is 19.9 Å². The second kappa shape index (κ2) is 5.11. The Morgan fingerprint density at radius 3 is 3.25 bits per heavy atom. The van der Waals surface area contributed by atoms with Gasteiger partial charge in [-0.25, -0.2) is 9.97 Å². The van der Waals surface area contributed by atoms with E-state index in [-0.39, 0.29) is 11.9 Å². The van der Waals surface area contributed by atoms with Gasteiger partial charge in [-0.05, 0) is 13.3 Å². The molecule has 0 saturated carbocycles. The number of rotatable bonds is 3. The summed E-state index contributed by atoms with van der Waals surface area (Å²) in [6.07, 6.45) is 5.81. The third-order valence-electron chi connectivity index (χ3n) is 3.63. The summed E-state index contributed by atoms with van der Waals surface area (Å²) in [6.45, 7) is 4.70. The zero-order valence-corrected chi connectivity index (χ0v) is 11.7. The van der Waals surface area contributed by atoms with Crippen LogP contribution in [-0.2, 0) is 19.4 Å². The highest BCUT2D eigenvalue weighted by atomic mass is 16.3. The number of aryl methyl sites for hydroxylation is 3. The molecule has 106 valence electrons. The molecule has 0 spiro atoms. The largest absolute Gasteiger partial charge is 0.448 e. The lowest BCUT2D eigenvalue weighted by molar-refractivity contribution is 0.0921. The van der Waals surface area contributed by atoms with Gasteiger partial charge in [0.25, 0.3) is 5.91 Å². The lowest BCUT2D eigenvalue weighted by Crippen LogP contribution is -2.41. The monoisotopic (exact) mass is 274 g/mol. The van der Waals surface area contributed by atoms with E-state index in [0.29, 0.717) is 17.9 Å². The van der Waals surface area contributed by atoms with Crippen LogP contribution < -0.4 is 5.32 Å². The van der Waals surface area contributed by atoms with Crippen molar-refractivity contribution in [1.82, 2.24) is 19.9 Å². The number of oxazole rings is 1. The molecule has 0 saturated heterocycles. The van der Waals surface area contributed by atoms with Gasteiger partial charge < -0.3 is 14.3 Å². The predicted molar refractivity (Wildman–Crippen MR) is 72.4 cm³/mol. The summed E-state index contributed by atoms with van der Waals surface area (Å²) in [5.74, 6) is 1.59. The maximum atomic E-state index is 12.2. The van der Waals surface area contributed by atoms with Gasteiger partial charge in [0, 0.05) is 31.6 Å². The molecule has 2 aromatic heterocycles. The molecule has 0 radical (unpaired) electrons. The number of amides is 1. The number of aromatic nitrogens is 3. The minimum absolute atomic E-state index is 0.116. The molecular formula is C14H18N4O2. The molecule has 6 heteroatoms. The fourth-order valence-electron chi connectivity index (χ4n) is 2.66. The van der Waals surface area contributed by atoms with Crippen LogP contribution in [0.3, 0.4) is 0 Å². The Balaban J connectivity index is 1.69. The minimum atomic E-state index is -0.152. The maximum absolute atomic E-state index is 12.2. The normalized spacial score (nSPS) is 17.8. The van der Waals surface area contributed by atoms with Crippen molar-refractivity contribution >= 4 is 5.91 Å². The molecule has 1 amide bonds. The molecule has 0 aromatic carbocycles. The number of nitrogens with one attached hydrogen (secondary N) is 1. The SMILES string of the molecule is CCc1ocnc1C(=O)N[C@H]1CCc2nc(C)cn2C1. The van der Waals surface area contributed by atoms with E-state index in [1.807, 2.05) is 20.0 Å². The van der Waals surface area contributed by atoms with Crippen LogP contribution in [0.5, 0.6) is 0 Å². The number of hydrogen-bond acceptors (Lipinski definition) is 4. The Bertz CT molecular complexity index is 629. The van der Waals surface area contributed by atoms with Crippen LogP contribution in [0.1, 0.15) is 41.1 Å². The zero-order chi connectivity index (χ0) is 14.1. The van der Waals surface area contributed by atoms with Crippen molar-refractivity contribution in [2.24, 2.45) is 0 Å². The second-order valence-corrected chi connectivity index (χ2v) is 5.14. The Hall–Kier alpha value is -2.11. The van der Waals surface area contributed by atoms with Crippen molar-refractivity contribution in [2.75, 3.05) is 0 Å². The molecule has 3 rings (SSSR count). The Morgan fingerprint density at radius 1 is 1.60 bits per heavy atom. The number of carbonyl (C=O) groups excluding carboxylic acids is 1. The third kappa shape index (κ3) is 2.33. The smallest absolute Gasteiger partial charge is 0.273 e. The molecule has 1 atom stereocenters. The van der Waals surface area contributed by atoms with Gasteiger partial charge in [0.2, 0.25) is 0 Å². The predicted octanol–water partition coefficient (Wildman–Crippen LogP) is 1.49. The molecule has 0 aliphatic carbocycles. The lowest BCUT2D eigenvalue weighted by Gasteiger charge is -2.24. The van der Waals surface area contributed by atoms with Gasteiger partial charge in [-0.3, -0.25) is 4.79 Å². The van der Waals surface area contributed by atoms with Crippen LogP contribution in [0.2, 0.25) is 0 Å². The van der Waals surface area contributed by atoms with Gasteiger partial charge in [-0.1, -0.05) is 6.92 Å². The van der Waals surface area contributed by atoms with E-state index in [9.17, 15) is 4.79 Å². The van der Waals surface area contributed by atoms with Crippen LogP contribution in [0.4, 0.5) is 0 Å². The van der Waals surface area contributed by atoms with Gasteiger partial charge in [-0.15, -0.1) is 0 Å². The van der Waals surface area contributed by atoms with Crippen LogP contribution in [0, 0.1) is 6.92 Å². The molecule has 6 nitrogen and oxygen atoms in total. The maximum Gasteiger partial charge on any atom is 0.273 e. The molecule has 0 fully saturated rings. The molecule has 1 aliphatic rings. The van der Waals surface area contributed by atoms with E-state index < -0.39 is 0 Å². The summed E-state index contributed by atoms with van der Waals surface area (Å²) in [6, 6.07) is 0.116. The average Bonchev–Trinajstić information content (AvgIpc) is 3.02. The van der Waals surface area contributed by atoms with Gasteiger partial charge in [0.1, 0.15) is 11.6 Å². The first kappa shape index (κ1) is 12.9. The van der Waals surface area contributed by atoms with Gasteiger partial charge in [0.15, 0.2) is 12.1 Å². The molecule has 1 N–H and O–H groups in total. The van der Waals surface area contributed by atoms with E-state index >= 15 is 0 Å². The van der Waals surface area contributed by atoms with Crippen molar-refractivity contribution in [2.45, 2.75) is 45.7 Å². The minimum Gasteiger partial charge on any atom is -0.448 e. The average molecular weight is 274 g/mol. The van der Waals surface area contributed by atoms with Crippen LogP contribution in [-0.4, -0.2) is 26.5 Å². The Labute approximate surface area is 117 Å². The number of hydrogen-bond donors (Lipinski definition) is 1. The van der Waals surface area contributed by atoms with E-state index in [1.165, 1.54) is 6.39 Å². The summed E-state index contributed by atoms with van der Waals surface area (Å²) in [5.41, 5.74) is 1.43. The first-order chi connectivity index (χ1) is 9.67. The Kier molecular flexibility index (Phi) is 3.30. The van der Waals surface area contributed by atoms with Crippen molar-refractivity contribution in [1.29, 1.82) is 0 Å². The summed E-state index contributed by atoms with van der Waals surface area (Å²) in [4.78, 5) is 20.7. The quantitative estimate of drug-likeness (QED) is 0.920. The molecule has 2 aromatic rings. The van der Waals surface area contributed by atoms with Crippen molar-refractivity contribution in [3.8, 4) is 0 Å². The van der Waals surface area contributed by atoms with Crippen molar-refractivity contribution in [3.63, 3.8) is 0 Å². The first-order valence-electron chi connectivity index (χ1n) is 6.93. The Morgan fingerprint density at radius 2 is 2.45 bits per heavy atom. The number of carbonyl (C=O) groups is 1. The molecule has 1 aliphatic heterocycles. The topological polar surface area (TPSA) is 73.0 Å². The molecule has 0 bridgehead atoms. The van der Waals surface area contributed by atoms with Gasteiger partial charge in [-0.2, -0.15) is 0 Å². The lowest BCUT2D eigenvalue weighted by atomic mass is 10.1. The van der Waals surface area contributed by atoms with Crippen molar-refractivity contribution in [3.05, 3.63) is 35.6 Å². The molecular weight excluding hydrogens is 256 g/mol. The highest BCUT2D eigenvalue weighted by Crippen LogP contribution is 2.16. The number of imidazole rings is 1. The number of fused-ring (bicyclic) bond motifs is 1. The molecule has 20 heavy (non-hydrogen) atoms.